The zero-order valence-corrected chi connectivity index (χ0v) is 20.8. The van der Waals surface area contributed by atoms with Crippen molar-refractivity contribution in [1.82, 2.24) is 19.2 Å². The molecule has 4 heterocycles. The number of thiophene rings is 1. The number of aromatic nitrogens is 3. The van der Waals surface area contributed by atoms with E-state index in [1.165, 1.54) is 35.2 Å². The first-order valence-electron chi connectivity index (χ1n) is 11.6. The number of fused-ring (bicyclic) bond motifs is 2. The topological polar surface area (TPSA) is 107 Å². The molecule has 0 bridgehead atoms. The zero-order valence-electron chi connectivity index (χ0n) is 20.0. The van der Waals surface area contributed by atoms with Gasteiger partial charge < -0.3 is 5.11 Å². The molecular weight excluding hydrogens is 487 g/mol. The number of hydroxylamine groups is 2. The van der Waals surface area contributed by atoms with Crippen molar-refractivity contribution < 1.29 is 19.1 Å². The quantitative estimate of drug-likeness (QED) is 0.440. The lowest BCUT2D eigenvalue weighted by Crippen LogP contribution is -2.39. The van der Waals surface area contributed by atoms with Crippen LogP contribution in [0.15, 0.2) is 40.1 Å². The fraction of sp³-hybridized carbons (Fsp3) is 0.360. The van der Waals surface area contributed by atoms with Crippen LogP contribution in [0.2, 0.25) is 0 Å². The van der Waals surface area contributed by atoms with Crippen LogP contribution in [0, 0.1) is 11.7 Å². The molecule has 0 unspecified atom stereocenters. The minimum absolute atomic E-state index is 0.0342. The lowest BCUT2D eigenvalue weighted by molar-refractivity contribution is -0.0778. The summed E-state index contributed by atoms with van der Waals surface area (Å²) in [5.41, 5.74) is 0.0201. The first-order valence-corrected chi connectivity index (χ1v) is 12.4. The zero-order chi connectivity index (χ0) is 25.7. The van der Waals surface area contributed by atoms with E-state index in [9.17, 15) is 23.9 Å². The Balaban J connectivity index is 1.78. The molecule has 0 radical (unpaired) electrons. The van der Waals surface area contributed by atoms with Crippen LogP contribution >= 0.6 is 11.3 Å². The van der Waals surface area contributed by atoms with Crippen molar-refractivity contribution >= 4 is 38.4 Å². The van der Waals surface area contributed by atoms with E-state index in [-0.39, 0.29) is 42.0 Å². The fourth-order valence-corrected chi connectivity index (χ4v) is 5.82. The number of β-amino-alcohol motifs (C(OH)–C–C–N with tert-alkyl or cyclic N) is 1. The molecule has 0 spiro atoms. The molecular formula is C25H25FN4O5S. The Hall–Kier alpha value is -3.41. The smallest absolute Gasteiger partial charge is 0.331 e. The lowest BCUT2D eigenvalue weighted by atomic mass is 10.0. The highest BCUT2D eigenvalue weighted by Crippen LogP contribution is 2.34. The van der Waals surface area contributed by atoms with Crippen molar-refractivity contribution in [3.05, 3.63) is 73.1 Å². The third-order valence-corrected chi connectivity index (χ3v) is 7.41. The number of carbonyl (C=O) groups excluding carboxylic acids is 1. The molecule has 36 heavy (non-hydrogen) atoms. The van der Waals surface area contributed by atoms with Crippen molar-refractivity contribution in [3.8, 4) is 0 Å². The molecule has 1 fully saturated rings. The standard InChI is InChI=1S/C25H25FN4O5S/c1-13(2)10-29-24-20(22(32)28(3)25(29)34)19(23(33)30-11-15(31)12-35-30)18(36-24)9-14-7-8-27-21-16(14)5-4-6-17(21)26/h4-8,13,15,31H,9-12H2,1-3H3/t15-/m0/s1. The maximum Gasteiger partial charge on any atom is 0.331 e. The number of nitrogens with zero attached hydrogens (tertiary/aromatic N) is 4. The van der Waals surface area contributed by atoms with Crippen LogP contribution in [-0.2, 0) is 24.9 Å². The van der Waals surface area contributed by atoms with E-state index in [2.05, 4.69) is 4.98 Å². The molecule has 1 amide bonds. The molecule has 188 valence electrons. The predicted octanol–water partition coefficient (Wildman–Crippen LogP) is 2.44. The second-order valence-electron chi connectivity index (χ2n) is 9.33. The monoisotopic (exact) mass is 512 g/mol. The number of para-hydroxylation sites is 1. The molecule has 1 N–H and O–H groups in total. The number of carbonyl (C=O) groups is 1. The number of hydrogen-bond donors (Lipinski definition) is 1. The van der Waals surface area contributed by atoms with E-state index in [0.717, 1.165) is 15.2 Å². The van der Waals surface area contributed by atoms with E-state index in [1.807, 2.05) is 13.8 Å². The molecule has 4 aromatic rings. The first-order chi connectivity index (χ1) is 17.2. The first kappa shape index (κ1) is 24.3. The number of hydrogen-bond acceptors (Lipinski definition) is 7. The average molecular weight is 513 g/mol. The van der Waals surface area contributed by atoms with Gasteiger partial charge in [0.2, 0.25) is 0 Å². The summed E-state index contributed by atoms with van der Waals surface area (Å²) in [5, 5.41) is 11.7. The second kappa shape index (κ2) is 9.23. The highest BCUT2D eigenvalue weighted by molar-refractivity contribution is 7.19. The minimum atomic E-state index is -0.837. The number of halogens is 1. The third kappa shape index (κ3) is 4.02. The Morgan fingerprint density at radius 1 is 1.31 bits per heavy atom. The molecule has 1 aromatic carbocycles. The molecule has 3 aromatic heterocycles. The molecule has 0 aliphatic carbocycles. The van der Waals surface area contributed by atoms with Gasteiger partial charge in [0.15, 0.2) is 0 Å². The van der Waals surface area contributed by atoms with Gasteiger partial charge in [-0.1, -0.05) is 26.0 Å². The summed E-state index contributed by atoms with van der Waals surface area (Å²) in [5.74, 6) is -0.914. The summed E-state index contributed by atoms with van der Waals surface area (Å²) in [6, 6.07) is 6.42. The van der Waals surface area contributed by atoms with Gasteiger partial charge in [0.1, 0.15) is 28.9 Å². The van der Waals surface area contributed by atoms with Crippen LogP contribution in [0.4, 0.5) is 4.39 Å². The second-order valence-corrected chi connectivity index (χ2v) is 10.4. The van der Waals surface area contributed by atoms with Gasteiger partial charge in [-0.2, -0.15) is 0 Å². The number of aliphatic hydroxyl groups is 1. The summed E-state index contributed by atoms with van der Waals surface area (Å²) in [4.78, 5) is 50.5. The molecule has 1 saturated heterocycles. The number of benzene rings is 1. The maximum atomic E-state index is 14.4. The third-order valence-electron chi connectivity index (χ3n) is 6.19. The van der Waals surface area contributed by atoms with Gasteiger partial charge in [-0.25, -0.2) is 14.2 Å². The Morgan fingerprint density at radius 3 is 2.78 bits per heavy atom. The van der Waals surface area contributed by atoms with Crippen LogP contribution in [-0.4, -0.2) is 49.5 Å². The Bertz CT molecular complexity index is 1620. The van der Waals surface area contributed by atoms with E-state index in [1.54, 1.807) is 18.2 Å². The Morgan fingerprint density at radius 2 is 2.08 bits per heavy atom. The number of rotatable bonds is 5. The van der Waals surface area contributed by atoms with Crippen molar-refractivity contribution in [2.75, 3.05) is 13.2 Å². The van der Waals surface area contributed by atoms with E-state index >= 15 is 0 Å². The van der Waals surface area contributed by atoms with Crippen LogP contribution in [0.5, 0.6) is 0 Å². The molecule has 11 heteroatoms. The fourth-order valence-electron chi connectivity index (χ4n) is 4.52. The van der Waals surface area contributed by atoms with Gasteiger partial charge in [-0.3, -0.25) is 28.5 Å². The molecule has 1 aliphatic rings. The Labute approximate surface area is 208 Å². The van der Waals surface area contributed by atoms with Crippen molar-refractivity contribution in [2.24, 2.45) is 13.0 Å². The van der Waals surface area contributed by atoms with Gasteiger partial charge in [0, 0.05) is 36.5 Å². The van der Waals surface area contributed by atoms with Crippen molar-refractivity contribution in [2.45, 2.75) is 32.9 Å². The highest BCUT2D eigenvalue weighted by Gasteiger charge is 2.33. The van der Waals surface area contributed by atoms with Crippen LogP contribution in [0.3, 0.4) is 0 Å². The van der Waals surface area contributed by atoms with E-state index in [4.69, 9.17) is 4.84 Å². The maximum absolute atomic E-state index is 14.4. The van der Waals surface area contributed by atoms with E-state index < -0.39 is 29.1 Å². The largest absolute Gasteiger partial charge is 0.389 e. The van der Waals surface area contributed by atoms with Crippen molar-refractivity contribution in [1.29, 1.82) is 0 Å². The van der Waals surface area contributed by atoms with Crippen LogP contribution < -0.4 is 11.2 Å². The average Bonchev–Trinajstić information content (AvgIpc) is 3.44. The summed E-state index contributed by atoms with van der Waals surface area (Å²) < 4.78 is 16.9. The SMILES string of the molecule is CC(C)Cn1c(=O)n(C)c(=O)c2c(C(=O)N3C[C@H](O)CO3)c(Cc3ccnc4c(F)cccc34)sc21. The number of aliphatic hydroxyl groups excluding tert-OH is 1. The van der Waals surface area contributed by atoms with Gasteiger partial charge >= 0.3 is 5.69 Å². The molecule has 0 saturated carbocycles. The van der Waals surface area contributed by atoms with E-state index in [0.29, 0.717) is 21.6 Å². The molecule has 5 rings (SSSR count). The molecule has 1 atom stereocenters. The minimum Gasteiger partial charge on any atom is -0.389 e. The van der Waals surface area contributed by atoms with Gasteiger partial charge in [0.05, 0.1) is 17.5 Å². The highest BCUT2D eigenvalue weighted by atomic mass is 32.1. The predicted molar refractivity (Wildman–Crippen MR) is 134 cm³/mol. The summed E-state index contributed by atoms with van der Waals surface area (Å²) >= 11 is 1.19. The number of pyridine rings is 1. The normalized spacial score (nSPS) is 16.1. The van der Waals surface area contributed by atoms with Gasteiger partial charge in [-0.15, -0.1) is 11.3 Å². The van der Waals surface area contributed by atoms with Gasteiger partial charge in [-0.05, 0) is 23.6 Å². The number of amides is 1. The molecule has 9 nitrogen and oxygen atoms in total. The van der Waals surface area contributed by atoms with Gasteiger partial charge in [0.25, 0.3) is 11.5 Å². The summed E-state index contributed by atoms with van der Waals surface area (Å²) in [6.07, 6.45) is 0.873. The van der Waals surface area contributed by atoms with Crippen molar-refractivity contribution in [3.63, 3.8) is 0 Å². The lowest BCUT2D eigenvalue weighted by Gasteiger charge is -2.15. The van der Waals surface area contributed by atoms with Crippen LogP contribution in [0.1, 0.15) is 34.6 Å². The molecule has 1 aliphatic heterocycles. The Kier molecular flexibility index (Phi) is 6.23. The summed E-state index contributed by atoms with van der Waals surface area (Å²) in [7, 11) is 1.39. The van der Waals surface area contributed by atoms with Crippen LogP contribution in [0.25, 0.3) is 21.1 Å². The summed E-state index contributed by atoms with van der Waals surface area (Å²) in [6.45, 7) is 4.21.